The van der Waals surface area contributed by atoms with Gasteiger partial charge in [0.1, 0.15) is 5.60 Å². The Morgan fingerprint density at radius 3 is 2.27 bits per heavy atom. The third-order valence-corrected chi connectivity index (χ3v) is 2.24. The van der Waals surface area contributed by atoms with Gasteiger partial charge in [-0.05, 0) is 39.2 Å². The molecule has 0 heterocycles. The maximum absolute atomic E-state index is 11.5. The minimum atomic E-state index is -1.11. The van der Waals surface area contributed by atoms with Crippen molar-refractivity contribution in [2.24, 2.45) is 5.92 Å². The van der Waals surface area contributed by atoms with Crippen molar-refractivity contribution in [2.45, 2.75) is 32.8 Å². The number of carboxylic acids is 1. The first-order valence-corrected chi connectivity index (χ1v) is 6.12. The molecule has 0 saturated carbocycles. The van der Waals surface area contributed by atoms with E-state index in [1.807, 2.05) is 6.26 Å². The van der Waals surface area contributed by atoms with Gasteiger partial charge in [0.15, 0.2) is 5.92 Å². The van der Waals surface area contributed by atoms with Gasteiger partial charge in [-0.3, -0.25) is 9.59 Å². The van der Waals surface area contributed by atoms with Crippen LogP contribution in [0.4, 0.5) is 0 Å². The van der Waals surface area contributed by atoms with Gasteiger partial charge in [0.25, 0.3) is 0 Å². The third kappa shape index (κ3) is 6.38. The highest BCUT2D eigenvalue weighted by Gasteiger charge is 2.30. The predicted molar refractivity (Wildman–Crippen MR) is 60.0 cm³/mol. The van der Waals surface area contributed by atoms with Gasteiger partial charge in [-0.15, -0.1) is 0 Å². The van der Waals surface area contributed by atoms with Gasteiger partial charge in [-0.1, -0.05) is 0 Å². The Balaban J connectivity index is 4.36. The van der Waals surface area contributed by atoms with E-state index in [2.05, 4.69) is 0 Å². The van der Waals surface area contributed by atoms with E-state index in [9.17, 15) is 9.59 Å². The Morgan fingerprint density at radius 2 is 1.93 bits per heavy atom. The Bertz CT molecular complexity index is 232. The summed E-state index contributed by atoms with van der Waals surface area (Å²) in [6.45, 7) is 5.16. The van der Waals surface area contributed by atoms with Crippen molar-refractivity contribution in [3.8, 4) is 0 Å². The molecule has 88 valence electrons. The van der Waals surface area contributed by atoms with Crippen LogP contribution >= 0.6 is 11.8 Å². The molecule has 0 spiro atoms. The normalized spacial score (nSPS) is 13.3. The molecule has 0 fully saturated rings. The van der Waals surface area contributed by atoms with E-state index in [1.165, 1.54) is 11.8 Å². The Morgan fingerprint density at radius 1 is 1.40 bits per heavy atom. The van der Waals surface area contributed by atoms with E-state index in [1.54, 1.807) is 20.8 Å². The molecular formula is C10H18O4S. The minimum absolute atomic E-state index is 0.311. The minimum Gasteiger partial charge on any atom is -0.481 e. The molecule has 0 bridgehead atoms. The summed E-state index contributed by atoms with van der Waals surface area (Å²) < 4.78 is 5.03. The van der Waals surface area contributed by atoms with Gasteiger partial charge in [-0.2, -0.15) is 11.8 Å². The molecule has 0 aliphatic heterocycles. The molecule has 0 aliphatic rings. The number of rotatable bonds is 5. The lowest BCUT2D eigenvalue weighted by Crippen LogP contribution is -2.33. The Kier molecular flexibility index (Phi) is 5.72. The first-order valence-electron chi connectivity index (χ1n) is 4.72. The third-order valence-electron chi connectivity index (χ3n) is 1.60. The highest BCUT2D eigenvalue weighted by Crippen LogP contribution is 2.15. The van der Waals surface area contributed by atoms with Crippen molar-refractivity contribution in [3.05, 3.63) is 0 Å². The van der Waals surface area contributed by atoms with Crippen molar-refractivity contribution in [3.63, 3.8) is 0 Å². The molecule has 1 unspecified atom stereocenters. The average Bonchev–Trinajstić information content (AvgIpc) is 2.00. The van der Waals surface area contributed by atoms with Gasteiger partial charge < -0.3 is 9.84 Å². The first-order chi connectivity index (χ1) is 6.78. The molecule has 0 rings (SSSR count). The number of carbonyl (C=O) groups excluding carboxylic acids is 1. The van der Waals surface area contributed by atoms with Crippen molar-refractivity contribution >= 4 is 23.7 Å². The molecular weight excluding hydrogens is 216 g/mol. The standard InChI is InChI=1S/C10H18O4S/c1-10(2,3)14-9(13)7(8(11)12)5-6-15-4/h7H,5-6H2,1-4H3,(H,11,12). The van der Waals surface area contributed by atoms with E-state index < -0.39 is 23.5 Å². The van der Waals surface area contributed by atoms with Crippen molar-refractivity contribution < 1.29 is 19.4 Å². The molecule has 15 heavy (non-hydrogen) atoms. The fraction of sp³-hybridized carbons (Fsp3) is 0.800. The quantitative estimate of drug-likeness (QED) is 0.580. The number of aliphatic carboxylic acids is 1. The lowest BCUT2D eigenvalue weighted by Gasteiger charge is -2.22. The number of thioether (sulfide) groups is 1. The number of carbonyl (C=O) groups is 2. The van der Waals surface area contributed by atoms with Gasteiger partial charge in [0.05, 0.1) is 0 Å². The molecule has 1 atom stereocenters. The fourth-order valence-corrected chi connectivity index (χ4v) is 1.42. The topological polar surface area (TPSA) is 63.6 Å². The molecule has 0 radical (unpaired) electrons. The van der Waals surface area contributed by atoms with Gasteiger partial charge in [0.2, 0.25) is 0 Å². The molecule has 0 aliphatic carbocycles. The fourth-order valence-electron chi connectivity index (χ4n) is 0.951. The maximum atomic E-state index is 11.5. The lowest BCUT2D eigenvalue weighted by atomic mass is 10.1. The van der Waals surface area contributed by atoms with E-state index in [0.717, 1.165) is 0 Å². The second-order valence-electron chi connectivity index (χ2n) is 4.21. The van der Waals surface area contributed by atoms with Gasteiger partial charge in [-0.25, -0.2) is 0 Å². The zero-order valence-electron chi connectivity index (χ0n) is 9.57. The molecule has 4 nitrogen and oxygen atoms in total. The maximum Gasteiger partial charge on any atom is 0.320 e. The van der Waals surface area contributed by atoms with E-state index in [4.69, 9.17) is 9.84 Å². The Hall–Kier alpha value is -0.710. The number of ether oxygens (including phenoxy) is 1. The predicted octanol–water partition coefficient (Wildman–Crippen LogP) is 1.78. The summed E-state index contributed by atoms with van der Waals surface area (Å²) in [5.74, 6) is -2.17. The lowest BCUT2D eigenvalue weighted by molar-refractivity contribution is -0.166. The SMILES string of the molecule is CSCCC(C(=O)O)C(=O)OC(C)(C)C. The summed E-state index contributed by atoms with van der Waals surface area (Å²) in [7, 11) is 0. The van der Waals surface area contributed by atoms with Crippen LogP contribution in [0.25, 0.3) is 0 Å². The second-order valence-corrected chi connectivity index (χ2v) is 5.19. The van der Waals surface area contributed by atoms with Crippen molar-refractivity contribution in [2.75, 3.05) is 12.0 Å². The number of carboxylic acid groups (broad SMARTS) is 1. The molecule has 5 heteroatoms. The van der Waals surface area contributed by atoms with Crippen LogP contribution in [0.3, 0.4) is 0 Å². The highest BCUT2D eigenvalue weighted by atomic mass is 32.2. The van der Waals surface area contributed by atoms with Crippen LogP contribution in [0.2, 0.25) is 0 Å². The van der Waals surface area contributed by atoms with Gasteiger partial charge in [0, 0.05) is 0 Å². The van der Waals surface area contributed by atoms with E-state index >= 15 is 0 Å². The number of hydrogen-bond acceptors (Lipinski definition) is 4. The van der Waals surface area contributed by atoms with E-state index in [-0.39, 0.29) is 0 Å². The highest BCUT2D eigenvalue weighted by molar-refractivity contribution is 7.98. The van der Waals surface area contributed by atoms with Crippen LogP contribution in [0.15, 0.2) is 0 Å². The van der Waals surface area contributed by atoms with Gasteiger partial charge >= 0.3 is 11.9 Å². The molecule has 1 N–H and O–H groups in total. The van der Waals surface area contributed by atoms with Crippen LogP contribution in [-0.2, 0) is 14.3 Å². The van der Waals surface area contributed by atoms with Crippen LogP contribution in [0.1, 0.15) is 27.2 Å². The molecule has 0 aromatic rings. The smallest absolute Gasteiger partial charge is 0.320 e. The molecule has 0 amide bonds. The second kappa shape index (κ2) is 6.00. The van der Waals surface area contributed by atoms with Crippen LogP contribution in [-0.4, -0.2) is 34.7 Å². The molecule has 0 aromatic heterocycles. The monoisotopic (exact) mass is 234 g/mol. The zero-order chi connectivity index (χ0) is 12.1. The van der Waals surface area contributed by atoms with Crippen molar-refractivity contribution in [1.29, 1.82) is 0 Å². The first kappa shape index (κ1) is 14.3. The summed E-state index contributed by atoms with van der Waals surface area (Å²) >= 11 is 1.51. The summed E-state index contributed by atoms with van der Waals surface area (Å²) in [6.07, 6.45) is 2.18. The van der Waals surface area contributed by atoms with E-state index in [0.29, 0.717) is 12.2 Å². The van der Waals surface area contributed by atoms with Crippen LogP contribution < -0.4 is 0 Å². The van der Waals surface area contributed by atoms with Crippen LogP contribution in [0, 0.1) is 5.92 Å². The molecule has 0 saturated heterocycles. The summed E-state index contributed by atoms with van der Waals surface area (Å²) in [5, 5.41) is 8.86. The number of esters is 1. The summed E-state index contributed by atoms with van der Waals surface area (Å²) in [6, 6.07) is 0. The largest absolute Gasteiger partial charge is 0.481 e. The summed E-state index contributed by atoms with van der Waals surface area (Å²) in [5.41, 5.74) is -0.635. The number of hydrogen-bond donors (Lipinski definition) is 1. The average molecular weight is 234 g/mol. The summed E-state index contributed by atoms with van der Waals surface area (Å²) in [4.78, 5) is 22.3. The Labute approximate surface area is 94.4 Å². The van der Waals surface area contributed by atoms with Crippen molar-refractivity contribution in [1.82, 2.24) is 0 Å². The zero-order valence-corrected chi connectivity index (χ0v) is 10.4. The van der Waals surface area contributed by atoms with Crippen LogP contribution in [0.5, 0.6) is 0 Å². The molecule has 0 aromatic carbocycles.